The zero-order valence-corrected chi connectivity index (χ0v) is 12.8. The number of carbonyl (C=O) groups is 1. The summed E-state index contributed by atoms with van der Waals surface area (Å²) in [4.78, 5) is 11.9. The van der Waals surface area contributed by atoms with Crippen molar-refractivity contribution in [2.24, 2.45) is 0 Å². The number of esters is 1. The summed E-state index contributed by atoms with van der Waals surface area (Å²) >= 11 is 0. The van der Waals surface area contributed by atoms with E-state index in [1.54, 1.807) is 30.3 Å². The van der Waals surface area contributed by atoms with Crippen molar-refractivity contribution in [3.8, 4) is 0 Å². The van der Waals surface area contributed by atoms with Crippen molar-refractivity contribution in [1.82, 2.24) is 5.32 Å². The second-order valence-corrected chi connectivity index (χ2v) is 5.85. The van der Waals surface area contributed by atoms with E-state index in [2.05, 4.69) is 5.32 Å². The summed E-state index contributed by atoms with van der Waals surface area (Å²) in [7, 11) is 0. The first-order chi connectivity index (χ1) is 10.7. The lowest BCUT2D eigenvalue weighted by atomic mass is 9.84. The van der Waals surface area contributed by atoms with Gasteiger partial charge in [-0.25, -0.2) is 8.78 Å². The standard InChI is InChI=1S/C16H19F4NO2/c1-14(17,18)16(19,20)11-13(22)23-15(7-9-21-10-8-15)12-5-3-2-4-6-12/h2-6,21H,7-11H2,1H3. The van der Waals surface area contributed by atoms with Crippen molar-refractivity contribution in [3.63, 3.8) is 0 Å². The fraction of sp³-hybridized carbons (Fsp3) is 0.562. The van der Waals surface area contributed by atoms with E-state index in [1.165, 1.54) is 0 Å². The topological polar surface area (TPSA) is 38.3 Å². The van der Waals surface area contributed by atoms with Crippen molar-refractivity contribution in [2.75, 3.05) is 13.1 Å². The smallest absolute Gasteiger partial charge is 0.320 e. The second kappa shape index (κ2) is 6.47. The first-order valence-corrected chi connectivity index (χ1v) is 7.40. The van der Waals surface area contributed by atoms with E-state index in [9.17, 15) is 22.4 Å². The van der Waals surface area contributed by atoms with Gasteiger partial charge >= 0.3 is 17.8 Å². The predicted molar refractivity (Wildman–Crippen MR) is 76.5 cm³/mol. The highest BCUT2D eigenvalue weighted by molar-refractivity contribution is 5.71. The largest absolute Gasteiger partial charge is 0.454 e. The Morgan fingerprint density at radius 3 is 2.26 bits per heavy atom. The molecule has 0 spiro atoms. The van der Waals surface area contributed by atoms with Crippen molar-refractivity contribution in [3.05, 3.63) is 35.9 Å². The quantitative estimate of drug-likeness (QED) is 0.662. The minimum Gasteiger partial charge on any atom is -0.454 e. The Morgan fingerprint density at radius 1 is 1.17 bits per heavy atom. The van der Waals surface area contributed by atoms with Crippen LogP contribution in [0.25, 0.3) is 0 Å². The number of benzene rings is 1. The molecule has 0 aliphatic carbocycles. The third kappa shape index (κ3) is 4.02. The van der Waals surface area contributed by atoms with Gasteiger partial charge in [-0.05, 0) is 18.7 Å². The van der Waals surface area contributed by atoms with E-state index in [-0.39, 0.29) is 6.92 Å². The van der Waals surface area contributed by atoms with Gasteiger partial charge in [0.05, 0.1) is 0 Å². The van der Waals surface area contributed by atoms with Crippen LogP contribution >= 0.6 is 0 Å². The molecule has 0 amide bonds. The van der Waals surface area contributed by atoms with Gasteiger partial charge in [-0.3, -0.25) is 4.79 Å². The zero-order chi connectivity index (χ0) is 17.1. The number of alkyl halides is 4. The molecule has 0 radical (unpaired) electrons. The summed E-state index contributed by atoms with van der Waals surface area (Å²) < 4.78 is 57.9. The second-order valence-electron chi connectivity index (χ2n) is 5.85. The number of hydrogen-bond donors (Lipinski definition) is 1. The van der Waals surface area contributed by atoms with Crippen LogP contribution in [0.15, 0.2) is 30.3 Å². The highest BCUT2D eigenvalue weighted by Gasteiger charge is 2.54. The summed E-state index contributed by atoms with van der Waals surface area (Å²) in [6, 6.07) is 8.77. The maximum atomic E-state index is 13.4. The van der Waals surface area contributed by atoms with Crippen LogP contribution in [-0.4, -0.2) is 30.9 Å². The van der Waals surface area contributed by atoms with Crippen LogP contribution < -0.4 is 5.32 Å². The van der Waals surface area contributed by atoms with Crippen molar-refractivity contribution in [1.29, 1.82) is 0 Å². The number of halogens is 4. The molecule has 1 aliphatic rings. The third-order valence-electron chi connectivity index (χ3n) is 4.03. The molecule has 23 heavy (non-hydrogen) atoms. The van der Waals surface area contributed by atoms with E-state index in [0.717, 1.165) is 0 Å². The first kappa shape index (κ1) is 17.7. The molecule has 1 aliphatic heterocycles. The molecule has 1 N–H and O–H groups in total. The van der Waals surface area contributed by atoms with Crippen molar-refractivity contribution >= 4 is 5.97 Å². The van der Waals surface area contributed by atoms with Crippen LogP contribution in [0.2, 0.25) is 0 Å². The minimum absolute atomic E-state index is 0.0950. The van der Waals surface area contributed by atoms with Crippen LogP contribution in [0.1, 0.15) is 31.7 Å². The highest BCUT2D eigenvalue weighted by atomic mass is 19.3. The molecule has 1 fully saturated rings. The molecule has 0 unspecified atom stereocenters. The fourth-order valence-electron chi connectivity index (χ4n) is 2.61. The summed E-state index contributed by atoms with van der Waals surface area (Å²) in [6.07, 6.45) is -0.841. The molecule has 3 nitrogen and oxygen atoms in total. The van der Waals surface area contributed by atoms with Gasteiger partial charge in [0.25, 0.3) is 0 Å². The third-order valence-corrected chi connectivity index (χ3v) is 4.03. The lowest BCUT2D eigenvalue weighted by Gasteiger charge is -2.38. The lowest BCUT2D eigenvalue weighted by molar-refractivity contribution is -0.214. The van der Waals surface area contributed by atoms with E-state index < -0.39 is 29.8 Å². The van der Waals surface area contributed by atoms with Crippen LogP contribution in [0, 0.1) is 0 Å². The van der Waals surface area contributed by atoms with Gasteiger partial charge in [-0.15, -0.1) is 0 Å². The van der Waals surface area contributed by atoms with Gasteiger partial charge in [0.1, 0.15) is 12.0 Å². The van der Waals surface area contributed by atoms with Gasteiger partial charge in [-0.2, -0.15) is 8.78 Å². The normalized spacial score (nSPS) is 18.5. The molecule has 1 saturated heterocycles. The fourth-order valence-corrected chi connectivity index (χ4v) is 2.61. The maximum Gasteiger partial charge on any atom is 0.320 e. The maximum absolute atomic E-state index is 13.4. The van der Waals surface area contributed by atoms with E-state index in [4.69, 9.17) is 4.74 Å². The summed E-state index contributed by atoms with van der Waals surface area (Å²) in [6.45, 7) is 1.18. The highest BCUT2D eigenvalue weighted by Crippen LogP contribution is 2.39. The van der Waals surface area contributed by atoms with E-state index >= 15 is 0 Å². The molecule has 128 valence electrons. The predicted octanol–water partition coefficient (Wildman–Crippen LogP) is 3.49. The number of carbonyl (C=O) groups excluding carboxylic acids is 1. The van der Waals surface area contributed by atoms with Crippen LogP contribution in [0.5, 0.6) is 0 Å². The molecule has 0 bridgehead atoms. The number of ether oxygens (including phenoxy) is 1. The van der Waals surface area contributed by atoms with Crippen LogP contribution in [-0.2, 0) is 15.1 Å². The summed E-state index contributed by atoms with van der Waals surface area (Å²) in [5, 5.41) is 3.10. The number of rotatable bonds is 5. The van der Waals surface area contributed by atoms with Crippen LogP contribution in [0.4, 0.5) is 17.6 Å². The average Bonchev–Trinajstić information content (AvgIpc) is 2.47. The Balaban J connectivity index is 2.18. The number of piperidine rings is 1. The molecular formula is C16H19F4NO2. The number of hydrogen-bond acceptors (Lipinski definition) is 3. The molecule has 0 atom stereocenters. The lowest BCUT2D eigenvalue weighted by Crippen LogP contribution is -2.45. The van der Waals surface area contributed by atoms with Gasteiger partial charge in [-0.1, -0.05) is 30.3 Å². The molecule has 0 aromatic heterocycles. The Morgan fingerprint density at radius 2 is 1.74 bits per heavy atom. The Kier molecular flexibility index (Phi) is 4.98. The van der Waals surface area contributed by atoms with Crippen molar-refractivity contribution < 1.29 is 27.1 Å². The van der Waals surface area contributed by atoms with E-state index in [1.807, 2.05) is 0 Å². The SMILES string of the molecule is CC(F)(F)C(F)(F)CC(=O)OC1(c2ccccc2)CCNCC1. The van der Waals surface area contributed by atoms with Gasteiger partial charge in [0.15, 0.2) is 0 Å². The average molecular weight is 333 g/mol. The zero-order valence-electron chi connectivity index (χ0n) is 12.8. The van der Waals surface area contributed by atoms with Crippen molar-refractivity contribution in [2.45, 2.75) is 43.6 Å². The Labute approximate surface area is 132 Å². The van der Waals surface area contributed by atoms with Gasteiger partial charge in [0.2, 0.25) is 0 Å². The molecule has 1 aromatic carbocycles. The summed E-state index contributed by atoms with van der Waals surface area (Å²) in [5.41, 5.74) is -0.371. The molecular weight excluding hydrogens is 314 g/mol. The number of nitrogens with one attached hydrogen (secondary N) is 1. The Hall–Kier alpha value is -1.63. The van der Waals surface area contributed by atoms with Gasteiger partial charge < -0.3 is 10.1 Å². The van der Waals surface area contributed by atoms with E-state index in [0.29, 0.717) is 31.5 Å². The van der Waals surface area contributed by atoms with Crippen LogP contribution in [0.3, 0.4) is 0 Å². The van der Waals surface area contributed by atoms with Gasteiger partial charge in [0, 0.05) is 19.8 Å². The Bertz CT molecular complexity index is 537. The molecule has 7 heteroatoms. The molecule has 0 saturated carbocycles. The minimum atomic E-state index is -4.44. The monoisotopic (exact) mass is 333 g/mol. The summed E-state index contributed by atoms with van der Waals surface area (Å²) in [5.74, 6) is -10.0. The molecule has 2 rings (SSSR count). The molecule has 1 heterocycles. The molecule has 1 aromatic rings. The first-order valence-electron chi connectivity index (χ1n) is 7.40.